The van der Waals surface area contributed by atoms with Crippen LogP contribution in [0.15, 0.2) is 54.6 Å². The summed E-state index contributed by atoms with van der Waals surface area (Å²) in [5, 5.41) is 23.6. The fraction of sp³-hybridized carbons (Fsp3) is 0.0500. The summed E-state index contributed by atoms with van der Waals surface area (Å²) in [6.07, 6.45) is 0. The first-order valence-corrected chi connectivity index (χ1v) is 8.61. The molecule has 0 aliphatic rings. The summed E-state index contributed by atoms with van der Waals surface area (Å²) in [4.78, 5) is 26.5. The van der Waals surface area contributed by atoms with E-state index in [4.69, 9.17) is 12.2 Å². The Morgan fingerprint density at radius 3 is 2.57 bits per heavy atom. The number of hydrogen-bond donors (Lipinski definition) is 2. The second-order valence-corrected chi connectivity index (χ2v) is 6.35. The van der Waals surface area contributed by atoms with Crippen LogP contribution in [0.2, 0.25) is 0 Å². The highest BCUT2D eigenvalue weighted by Crippen LogP contribution is 2.32. The number of rotatable bonds is 4. The van der Waals surface area contributed by atoms with E-state index in [1.807, 2.05) is 12.1 Å². The van der Waals surface area contributed by atoms with Gasteiger partial charge in [-0.15, -0.1) is 0 Å². The predicted molar refractivity (Wildman–Crippen MR) is 108 cm³/mol. The van der Waals surface area contributed by atoms with E-state index in [2.05, 4.69) is 10.3 Å². The molecule has 1 heterocycles. The minimum absolute atomic E-state index is 0.0827. The maximum Gasteiger partial charge on any atom is 0.270 e. The molecule has 28 heavy (non-hydrogen) atoms. The lowest BCUT2D eigenvalue weighted by Crippen LogP contribution is -2.17. The van der Waals surface area contributed by atoms with E-state index in [1.165, 1.54) is 18.2 Å². The Kier molecular flexibility index (Phi) is 5.29. The summed E-state index contributed by atoms with van der Waals surface area (Å²) in [5.41, 5.74) is 1.81. The molecule has 2 aromatic carbocycles. The maximum atomic E-state index is 13.0. The lowest BCUT2D eigenvalue weighted by molar-refractivity contribution is -0.384. The first kappa shape index (κ1) is 18.9. The quantitative estimate of drug-likeness (QED) is 0.379. The zero-order valence-corrected chi connectivity index (χ0v) is 15.5. The van der Waals surface area contributed by atoms with Crippen LogP contribution in [0.1, 0.15) is 21.6 Å². The number of H-pyrrole nitrogens is 1. The van der Waals surface area contributed by atoms with Crippen LogP contribution >= 0.6 is 12.2 Å². The number of nitrogens with one attached hydrogen (secondary N) is 2. The van der Waals surface area contributed by atoms with Crippen molar-refractivity contribution in [3.8, 4) is 17.2 Å². The number of aromatic nitrogens is 1. The Morgan fingerprint density at radius 1 is 1.21 bits per heavy atom. The summed E-state index contributed by atoms with van der Waals surface area (Å²) in [5.74, 6) is -0.451. The zero-order valence-electron chi connectivity index (χ0n) is 14.7. The van der Waals surface area contributed by atoms with Crippen molar-refractivity contribution in [1.29, 1.82) is 5.26 Å². The number of amides is 1. The van der Waals surface area contributed by atoms with Gasteiger partial charge in [0.25, 0.3) is 11.6 Å². The van der Waals surface area contributed by atoms with Crippen molar-refractivity contribution in [2.45, 2.75) is 6.92 Å². The average molecular weight is 390 g/mol. The van der Waals surface area contributed by atoms with Gasteiger partial charge in [-0.25, -0.2) is 0 Å². The number of carbonyl (C=O) groups is 1. The molecule has 7 nitrogen and oxygen atoms in total. The largest absolute Gasteiger partial charge is 0.348 e. The lowest BCUT2D eigenvalue weighted by atomic mass is 9.94. The number of para-hydroxylation sites is 1. The second kappa shape index (κ2) is 7.82. The van der Waals surface area contributed by atoms with Gasteiger partial charge in [0.2, 0.25) is 0 Å². The Morgan fingerprint density at radius 2 is 1.93 bits per heavy atom. The van der Waals surface area contributed by atoms with Crippen molar-refractivity contribution < 1.29 is 9.72 Å². The molecule has 0 saturated heterocycles. The number of nitriles is 1. The third-order valence-electron chi connectivity index (χ3n) is 4.12. The van der Waals surface area contributed by atoms with Crippen LogP contribution in [0.25, 0.3) is 11.1 Å². The molecular weight excluding hydrogens is 376 g/mol. The highest BCUT2D eigenvalue weighted by atomic mass is 32.1. The third-order valence-corrected chi connectivity index (χ3v) is 4.43. The molecule has 0 spiro atoms. The molecule has 1 aromatic heterocycles. The first-order chi connectivity index (χ1) is 13.4. The van der Waals surface area contributed by atoms with E-state index >= 15 is 0 Å². The molecule has 0 radical (unpaired) electrons. The molecule has 2 N–H and O–H groups in total. The van der Waals surface area contributed by atoms with Crippen molar-refractivity contribution in [3.63, 3.8) is 0 Å². The van der Waals surface area contributed by atoms with Crippen LogP contribution in [0.4, 0.5) is 11.4 Å². The molecule has 0 fully saturated rings. The monoisotopic (exact) mass is 390 g/mol. The number of carbonyl (C=O) groups excluding carboxylic acids is 1. The molecule has 8 heteroatoms. The van der Waals surface area contributed by atoms with E-state index in [1.54, 1.807) is 37.3 Å². The van der Waals surface area contributed by atoms with Crippen molar-refractivity contribution in [2.75, 3.05) is 5.32 Å². The molecule has 1 amide bonds. The number of benzene rings is 2. The standard InChI is InChI=1S/C20H14N4O3S/c1-12-17(19(25)23-14-7-3-2-4-8-14)18(16(11-21)20(28)22-12)13-6-5-9-15(10-13)24(26)27/h2-10H,1H3,(H,22,28)(H,23,25). The van der Waals surface area contributed by atoms with Gasteiger partial charge in [0.15, 0.2) is 0 Å². The Bertz CT molecular complexity index is 1180. The fourth-order valence-electron chi connectivity index (χ4n) is 2.89. The molecule has 0 saturated carbocycles. The number of nitro benzene ring substituents is 1. The van der Waals surface area contributed by atoms with Crippen LogP contribution in [-0.4, -0.2) is 15.8 Å². The Labute approximate surface area is 165 Å². The maximum absolute atomic E-state index is 13.0. The van der Waals surface area contributed by atoms with E-state index in [0.29, 0.717) is 16.9 Å². The molecule has 0 atom stereocenters. The van der Waals surface area contributed by atoms with E-state index in [9.17, 15) is 20.2 Å². The van der Waals surface area contributed by atoms with Gasteiger partial charge < -0.3 is 10.3 Å². The van der Waals surface area contributed by atoms with Gasteiger partial charge in [0.05, 0.1) is 16.1 Å². The molecular formula is C20H14N4O3S. The molecule has 3 aromatic rings. The summed E-state index contributed by atoms with van der Waals surface area (Å²) in [6.45, 7) is 1.66. The summed E-state index contributed by atoms with van der Waals surface area (Å²) in [6, 6.07) is 16.6. The van der Waals surface area contributed by atoms with Crippen molar-refractivity contribution in [1.82, 2.24) is 4.98 Å². The minimum atomic E-state index is -0.532. The third kappa shape index (κ3) is 3.65. The normalized spacial score (nSPS) is 10.1. The second-order valence-electron chi connectivity index (χ2n) is 5.94. The lowest BCUT2D eigenvalue weighted by Gasteiger charge is -2.15. The van der Waals surface area contributed by atoms with Gasteiger partial charge >= 0.3 is 0 Å². The van der Waals surface area contributed by atoms with Crippen LogP contribution < -0.4 is 5.32 Å². The van der Waals surface area contributed by atoms with E-state index < -0.39 is 10.8 Å². The number of non-ortho nitro benzene ring substituents is 1. The van der Waals surface area contributed by atoms with Crippen LogP contribution in [0.5, 0.6) is 0 Å². The van der Waals surface area contributed by atoms with E-state index in [-0.39, 0.29) is 27.0 Å². The summed E-state index contributed by atoms with van der Waals surface area (Å²) >= 11 is 5.24. The van der Waals surface area contributed by atoms with Crippen molar-refractivity contribution in [2.24, 2.45) is 0 Å². The average Bonchev–Trinajstić information content (AvgIpc) is 2.68. The Balaban J connectivity index is 2.24. The Hall–Kier alpha value is -3.83. The van der Waals surface area contributed by atoms with Gasteiger partial charge in [-0.1, -0.05) is 42.5 Å². The van der Waals surface area contributed by atoms with Crippen LogP contribution in [0, 0.1) is 33.0 Å². The SMILES string of the molecule is Cc1[nH]c(=S)c(C#N)c(-c2cccc([N+](=O)[O-])c2)c1C(=O)Nc1ccccc1. The highest BCUT2D eigenvalue weighted by Gasteiger charge is 2.22. The number of pyridine rings is 1. The molecule has 3 rings (SSSR count). The van der Waals surface area contributed by atoms with Crippen molar-refractivity contribution >= 4 is 29.5 Å². The van der Waals surface area contributed by atoms with E-state index in [0.717, 1.165) is 0 Å². The number of aromatic amines is 1. The van der Waals surface area contributed by atoms with Crippen LogP contribution in [0.3, 0.4) is 0 Å². The molecule has 0 aliphatic carbocycles. The number of aryl methyl sites for hydroxylation is 1. The highest BCUT2D eigenvalue weighted by molar-refractivity contribution is 7.71. The topological polar surface area (TPSA) is 112 Å². The summed E-state index contributed by atoms with van der Waals surface area (Å²) in [7, 11) is 0. The smallest absolute Gasteiger partial charge is 0.270 e. The number of nitrogens with zero attached hydrogens (tertiary/aromatic N) is 2. The number of nitro groups is 1. The van der Waals surface area contributed by atoms with Gasteiger partial charge in [0.1, 0.15) is 10.7 Å². The van der Waals surface area contributed by atoms with Gasteiger partial charge in [-0.05, 0) is 24.6 Å². The van der Waals surface area contributed by atoms with Gasteiger partial charge in [-0.2, -0.15) is 5.26 Å². The zero-order chi connectivity index (χ0) is 20.3. The number of hydrogen-bond acceptors (Lipinski definition) is 5. The van der Waals surface area contributed by atoms with Crippen molar-refractivity contribution in [3.05, 3.63) is 86.2 Å². The molecule has 138 valence electrons. The number of anilines is 1. The van der Waals surface area contributed by atoms with Crippen LogP contribution in [-0.2, 0) is 0 Å². The van der Waals surface area contributed by atoms with Gasteiger partial charge in [0, 0.05) is 29.1 Å². The molecule has 0 unspecified atom stereocenters. The molecule has 0 aliphatic heterocycles. The molecule has 0 bridgehead atoms. The minimum Gasteiger partial charge on any atom is -0.348 e. The predicted octanol–water partition coefficient (Wildman–Crippen LogP) is 4.75. The first-order valence-electron chi connectivity index (χ1n) is 8.20. The summed E-state index contributed by atoms with van der Waals surface area (Å²) < 4.78 is 0.165. The van der Waals surface area contributed by atoms with Gasteiger partial charge in [-0.3, -0.25) is 14.9 Å². The fourth-order valence-corrected chi connectivity index (χ4v) is 3.19.